The number of carbonyl (C=O) groups excluding carboxylic acids is 1. The van der Waals surface area contributed by atoms with E-state index in [-0.39, 0.29) is 35.0 Å². The Bertz CT molecular complexity index is 768. The summed E-state index contributed by atoms with van der Waals surface area (Å²) in [6.45, 7) is 0. The molecule has 1 atom stereocenters. The van der Waals surface area contributed by atoms with Gasteiger partial charge in [0.05, 0.1) is 20.6 Å². The Kier molecular flexibility index (Phi) is 3.73. The summed E-state index contributed by atoms with van der Waals surface area (Å²) in [6, 6.07) is 7.63. The first-order valence-electron chi connectivity index (χ1n) is 7.01. The Balaban J connectivity index is 2.03. The number of phenolic OH excluding ortho intramolecular Hbond substituents is 2. The number of carbonyl (C=O) groups is 1. The average Bonchev–Trinajstić information content (AvgIpc) is 2.54. The smallest absolute Gasteiger partial charge is 0.174 e. The maximum absolute atomic E-state index is 12.4. The first-order valence-corrected chi connectivity index (χ1v) is 7.01. The number of hydrogen-bond donors (Lipinski definition) is 2. The largest absolute Gasteiger partial charge is 0.508 e. The van der Waals surface area contributed by atoms with E-state index in [1.807, 2.05) is 0 Å². The highest BCUT2D eigenvalue weighted by molar-refractivity contribution is 6.02. The number of phenols is 2. The number of hydrogen-bond acceptors (Lipinski definition) is 6. The lowest BCUT2D eigenvalue weighted by Gasteiger charge is -2.27. The molecule has 2 aromatic rings. The Labute approximate surface area is 132 Å². The van der Waals surface area contributed by atoms with E-state index in [2.05, 4.69) is 0 Å². The fourth-order valence-electron chi connectivity index (χ4n) is 2.62. The first kappa shape index (κ1) is 15.0. The van der Waals surface area contributed by atoms with Crippen LogP contribution in [0.5, 0.6) is 28.7 Å². The summed E-state index contributed by atoms with van der Waals surface area (Å²) in [4.78, 5) is 12.4. The van der Waals surface area contributed by atoms with Gasteiger partial charge >= 0.3 is 0 Å². The predicted molar refractivity (Wildman–Crippen MR) is 81.6 cm³/mol. The van der Waals surface area contributed by atoms with Gasteiger partial charge in [0.15, 0.2) is 5.78 Å². The van der Waals surface area contributed by atoms with Crippen LogP contribution < -0.4 is 14.2 Å². The van der Waals surface area contributed by atoms with Crippen LogP contribution in [0.2, 0.25) is 0 Å². The van der Waals surface area contributed by atoms with Gasteiger partial charge in [-0.3, -0.25) is 4.79 Å². The molecule has 1 aliphatic rings. The number of aromatic hydroxyl groups is 2. The monoisotopic (exact) mass is 316 g/mol. The molecule has 0 aromatic heterocycles. The van der Waals surface area contributed by atoms with Crippen molar-refractivity contribution in [3.63, 3.8) is 0 Å². The number of fused-ring (bicyclic) bond motifs is 1. The molecule has 6 heteroatoms. The number of methoxy groups -OCH3 is 2. The topological polar surface area (TPSA) is 85.2 Å². The Morgan fingerprint density at radius 3 is 2.48 bits per heavy atom. The van der Waals surface area contributed by atoms with Crippen LogP contribution in [0.25, 0.3) is 0 Å². The lowest BCUT2D eigenvalue weighted by atomic mass is 9.95. The molecule has 2 N–H and O–H groups in total. The third-order valence-corrected chi connectivity index (χ3v) is 3.79. The summed E-state index contributed by atoms with van der Waals surface area (Å²) in [6.07, 6.45) is -0.662. The Morgan fingerprint density at radius 1 is 1.04 bits per heavy atom. The molecule has 1 heterocycles. The minimum absolute atomic E-state index is 0.00756. The molecule has 0 saturated heterocycles. The van der Waals surface area contributed by atoms with Crippen molar-refractivity contribution in [2.45, 2.75) is 12.5 Å². The van der Waals surface area contributed by atoms with Crippen molar-refractivity contribution in [1.82, 2.24) is 0 Å². The van der Waals surface area contributed by atoms with Crippen LogP contribution in [-0.4, -0.2) is 30.2 Å². The highest BCUT2D eigenvalue weighted by Gasteiger charge is 2.32. The second kappa shape index (κ2) is 5.72. The van der Waals surface area contributed by atoms with Gasteiger partial charge in [-0.25, -0.2) is 0 Å². The SMILES string of the molecule is COc1cc(O)c2c(c1)OC(c1cc(OC)ccc1O)CC2=O. The van der Waals surface area contributed by atoms with Crippen molar-refractivity contribution >= 4 is 5.78 Å². The standard InChI is InChI=1S/C17H16O6/c1-21-9-3-4-12(18)11(5-9)15-8-14(20)17-13(19)6-10(22-2)7-16(17)23-15/h3-7,15,18-19H,8H2,1-2H3. The molecule has 1 unspecified atom stereocenters. The van der Waals surface area contributed by atoms with E-state index >= 15 is 0 Å². The zero-order valence-electron chi connectivity index (χ0n) is 12.7. The molecule has 0 bridgehead atoms. The second-order valence-corrected chi connectivity index (χ2v) is 5.18. The summed E-state index contributed by atoms with van der Waals surface area (Å²) < 4.78 is 16.0. The molecule has 23 heavy (non-hydrogen) atoms. The van der Waals surface area contributed by atoms with Gasteiger partial charge in [-0.15, -0.1) is 0 Å². The quantitative estimate of drug-likeness (QED) is 0.905. The molecule has 0 saturated carbocycles. The lowest BCUT2D eigenvalue weighted by molar-refractivity contribution is 0.0841. The summed E-state index contributed by atoms with van der Waals surface area (Å²) in [5, 5.41) is 20.0. The fraction of sp³-hybridized carbons (Fsp3) is 0.235. The first-order chi connectivity index (χ1) is 11.0. The van der Waals surface area contributed by atoms with E-state index in [9.17, 15) is 15.0 Å². The van der Waals surface area contributed by atoms with Gasteiger partial charge in [0.2, 0.25) is 0 Å². The van der Waals surface area contributed by atoms with Crippen LogP contribution in [0.1, 0.15) is 28.4 Å². The van der Waals surface area contributed by atoms with Crippen molar-refractivity contribution in [2.75, 3.05) is 14.2 Å². The number of Topliss-reactive ketones (excluding diaryl/α,β-unsaturated/α-hetero) is 1. The average molecular weight is 316 g/mol. The predicted octanol–water partition coefficient (Wildman–Crippen LogP) is 2.82. The molecular formula is C17H16O6. The molecule has 2 aromatic carbocycles. The van der Waals surface area contributed by atoms with E-state index in [0.717, 1.165) is 0 Å². The van der Waals surface area contributed by atoms with E-state index in [4.69, 9.17) is 14.2 Å². The summed E-state index contributed by atoms with van der Waals surface area (Å²) >= 11 is 0. The van der Waals surface area contributed by atoms with Crippen LogP contribution >= 0.6 is 0 Å². The zero-order chi connectivity index (χ0) is 16.6. The normalized spacial score (nSPS) is 16.4. The Hall–Kier alpha value is -2.89. The van der Waals surface area contributed by atoms with Crippen LogP contribution in [0, 0.1) is 0 Å². The minimum Gasteiger partial charge on any atom is -0.508 e. The maximum Gasteiger partial charge on any atom is 0.174 e. The molecule has 0 aliphatic carbocycles. The van der Waals surface area contributed by atoms with Gasteiger partial charge in [0.25, 0.3) is 0 Å². The highest BCUT2D eigenvalue weighted by atomic mass is 16.5. The highest BCUT2D eigenvalue weighted by Crippen LogP contribution is 2.43. The molecular weight excluding hydrogens is 300 g/mol. The van der Waals surface area contributed by atoms with E-state index < -0.39 is 6.10 Å². The third kappa shape index (κ3) is 2.63. The maximum atomic E-state index is 12.4. The van der Waals surface area contributed by atoms with Gasteiger partial charge in [-0.1, -0.05) is 0 Å². The number of benzene rings is 2. The Morgan fingerprint density at radius 2 is 1.78 bits per heavy atom. The molecule has 120 valence electrons. The number of ether oxygens (including phenoxy) is 3. The summed E-state index contributed by atoms with van der Waals surface area (Å²) in [7, 11) is 2.97. The van der Waals surface area contributed by atoms with Gasteiger partial charge in [-0.05, 0) is 18.2 Å². The zero-order valence-corrected chi connectivity index (χ0v) is 12.7. The molecule has 0 radical (unpaired) electrons. The van der Waals surface area contributed by atoms with E-state index in [1.165, 1.54) is 32.4 Å². The molecule has 0 spiro atoms. The number of ketones is 1. The second-order valence-electron chi connectivity index (χ2n) is 5.18. The van der Waals surface area contributed by atoms with Crippen LogP contribution in [0.15, 0.2) is 30.3 Å². The van der Waals surface area contributed by atoms with Crippen LogP contribution in [-0.2, 0) is 0 Å². The molecule has 6 nitrogen and oxygen atoms in total. The van der Waals surface area contributed by atoms with Crippen molar-refractivity contribution in [3.05, 3.63) is 41.5 Å². The van der Waals surface area contributed by atoms with Crippen molar-refractivity contribution in [2.24, 2.45) is 0 Å². The lowest BCUT2D eigenvalue weighted by Crippen LogP contribution is -2.20. The minimum atomic E-state index is -0.670. The summed E-state index contributed by atoms with van der Waals surface area (Å²) in [5.74, 6) is 0.721. The van der Waals surface area contributed by atoms with Gasteiger partial charge in [0, 0.05) is 17.7 Å². The van der Waals surface area contributed by atoms with Gasteiger partial charge < -0.3 is 24.4 Å². The van der Waals surface area contributed by atoms with Crippen molar-refractivity contribution in [1.29, 1.82) is 0 Å². The molecule has 3 rings (SSSR count). The fourth-order valence-corrected chi connectivity index (χ4v) is 2.62. The molecule has 0 amide bonds. The van der Waals surface area contributed by atoms with E-state index in [0.29, 0.717) is 17.1 Å². The van der Waals surface area contributed by atoms with Crippen LogP contribution in [0.4, 0.5) is 0 Å². The van der Waals surface area contributed by atoms with Crippen molar-refractivity contribution in [3.8, 4) is 28.7 Å². The molecule has 1 aliphatic heterocycles. The summed E-state index contributed by atoms with van der Waals surface area (Å²) in [5.41, 5.74) is 0.579. The van der Waals surface area contributed by atoms with Gasteiger partial charge in [-0.2, -0.15) is 0 Å². The third-order valence-electron chi connectivity index (χ3n) is 3.79. The van der Waals surface area contributed by atoms with Crippen LogP contribution in [0.3, 0.4) is 0 Å². The van der Waals surface area contributed by atoms with Crippen molar-refractivity contribution < 1.29 is 29.2 Å². The molecule has 0 fully saturated rings. The number of rotatable bonds is 3. The van der Waals surface area contributed by atoms with E-state index in [1.54, 1.807) is 12.1 Å². The van der Waals surface area contributed by atoms with Gasteiger partial charge in [0.1, 0.15) is 40.4 Å².